The van der Waals surface area contributed by atoms with Crippen molar-refractivity contribution in [2.24, 2.45) is 5.41 Å². The summed E-state index contributed by atoms with van der Waals surface area (Å²) in [5.41, 5.74) is 0.640. The van der Waals surface area contributed by atoms with E-state index in [4.69, 9.17) is 0 Å². The number of rotatable bonds is 1. The van der Waals surface area contributed by atoms with Crippen LogP contribution in [0.2, 0.25) is 0 Å². The molecule has 3 amide bonds. The van der Waals surface area contributed by atoms with Gasteiger partial charge in [-0.3, -0.25) is 4.79 Å². The van der Waals surface area contributed by atoms with E-state index in [2.05, 4.69) is 9.97 Å². The second-order valence-corrected chi connectivity index (χ2v) is 6.90. The average molecular weight is 315 g/mol. The zero-order valence-electron chi connectivity index (χ0n) is 13.1. The maximum absolute atomic E-state index is 12.6. The molecule has 1 atom stereocenters. The third kappa shape index (κ3) is 2.54. The summed E-state index contributed by atoms with van der Waals surface area (Å²) in [6.45, 7) is 3.83. The first-order valence-electron chi connectivity index (χ1n) is 8.26. The number of hydrogen-bond donors (Lipinski definition) is 0. The second-order valence-electron chi connectivity index (χ2n) is 6.90. The lowest BCUT2D eigenvalue weighted by Gasteiger charge is -2.27. The van der Waals surface area contributed by atoms with Crippen LogP contribution in [0, 0.1) is 5.41 Å². The van der Waals surface area contributed by atoms with Crippen molar-refractivity contribution in [3.8, 4) is 0 Å². The summed E-state index contributed by atoms with van der Waals surface area (Å²) < 4.78 is 0. The van der Waals surface area contributed by atoms with Crippen molar-refractivity contribution >= 4 is 17.6 Å². The van der Waals surface area contributed by atoms with Crippen LogP contribution in [0.5, 0.6) is 0 Å². The van der Waals surface area contributed by atoms with Crippen molar-refractivity contribution in [1.82, 2.24) is 19.8 Å². The van der Waals surface area contributed by atoms with Gasteiger partial charge in [0.2, 0.25) is 5.91 Å². The van der Waals surface area contributed by atoms with Crippen LogP contribution >= 0.6 is 0 Å². The monoisotopic (exact) mass is 315 g/mol. The van der Waals surface area contributed by atoms with Crippen LogP contribution in [0.15, 0.2) is 18.7 Å². The van der Waals surface area contributed by atoms with Crippen LogP contribution in [0.3, 0.4) is 0 Å². The number of amides is 3. The van der Waals surface area contributed by atoms with Gasteiger partial charge in [-0.05, 0) is 19.3 Å². The molecule has 0 radical (unpaired) electrons. The number of carbonyl (C=O) groups excluding carboxylic acids is 2. The first kappa shape index (κ1) is 14.4. The Hall–Kier alpha value is -2.18. The SMILES string of the molecule is O=C(N1CCCC1)N1CCC2(CC(=O)N(c3cncnc3)C2)C1. The third-order valence-corrected chi connectivity index (χ3v) is 5.26. The molecule has 1 spiro atoms. The van der Waals surface area contributed by atoms with Gasteiger partial charge in [-0.15, -0.1) is 0 Å². The summed E-state index contributed by atoms with van der Waals surface area (Å²) in [5, 5.41) is 0. The van der Waals surface area contributed by atoms with Gasteiger partial charge < -0.3 is 14.7 Å². The molecule has 7 nitrogen and oxygen atoms in total. The summed E-state index contributed by atoms with van der Waals surface area (Å²) in [7, 11) is 0. The fraction of sp³-hybridized carbons (Fsp3) is 0.625. The zero-order valence-corrected chi connectivity index (χ0v) is 13.1. The predicted octanol–water partition coefficient (Wildman–Crippen LogP) is 1.12. The van der Waals surface area contributed by atoms with E-state index in [1.165, 1.54) is 6.33 Å². The molecule has 0 saturated carbocycles. The lowest BCUT2D eigenvalue weighted by Crippen LogP contribution is -2.42. The van der Waals surface area contributed by atoms with Gasteiger partial charge in [0, 0.05) is 44.6 Å². The molecular formula is C16H21N5O2. The molecule has 0 N–H and O–H groups in total. The summed E-state index contributed by atoms with van der Waals surface area (Å²) >= 11 is 0. The molecule has 23 heavy (non-hydrogen) atoms. The predicted molar refractivity (Wildman–Crippen MR) is 83.8 cm³/mol. The second kappa shape index (κ2) is 5.47. The van der Waals surface area contributed by atoms with Gasteiger partial charge in [0.15, 0.2) is 0 Å². The Morgan fingerprint density at radius 2 is 1.78 bits per heavy atom. The molecule has 4 rings (SSSR count). The molecule has 7 heteroatoms. The lowest BCUT2D eigenvalue weighted by molar-refractivity contribution is -0.117. The number of nitrogens with zero attached hydrogens (tertiary/aromatic N) is 5. The Morgan fingerprint density at radius 3 is 2.52 bits per heavy atom. The number of urea groups is 1. The van der Waals surface area contributed by atoms with Crippen LogP contribution in [-0.2, 0) is 4.79 Å². The Balaban J connectivity index is 1.46. The van der Waals surface area contributed by atoms with E-state index in [0.29, 0.717) is 19.5 Å². The molecule has 3 aliphatic rings. The molecule has 4 heterocycles. The maximum atomic E-state index is 12.6. The van der Waals surface area contributed by atoms with Crippen LogP contribution in [0.1, 0.15) is 25.7 Å². The minimum absolute atomic E-state index is 0.107. The summed E-state index contributed by atoms with van der Waals surface area (Å²) in [6, 6.07) is 0.147. The first-order valence-corrected chi connectivity index (χ1v) is 8.26. The van der Waals surface area contributed by atoms with Crippen molar-refractivity contribution in [1.29, 1.82) is 0 Å². The fourth-order valence-electron chi connectivity index (χ4n) is 4.04. The van der Waals surface area contributed by atoms with Crippen molar-refractivity contribution in [2.75, 3.05) is 37.6 Å². The van der Waals surface area contributed by atoms with Gasteiger partial charge >= 0.3 is 6.03 Å². The lowest BCUT2D eigenvalue weighted by atomic mass is 9.86. The molecule has 1 aromatic rings. The van der Waals surface area contributed by atoms with E-state index < -0.39 is 0 Å². The molecule has 0 bridgehead atoms. The highest BCUT2D eigenvalue weighted by molar-refractivity contribution is 5.96. The Kier molecular flexibility index (Phi) is 3.43. The van der Waals surface area contributed by atoms with Crippen LogP contribution in [0.4, 0.5) is 10.5 Å². The molecule has 0 aliphatic carbocycles. The van der Waals surface area contributed by atoms with E-state index in [-0.39, 0.29) is 17.4 Å². The number of anilines is 1. The highest BCUT2D eigenvalue weighted by Gasteiger charge is 2.49. The van der Waals surface area contributed by atoms with Gasteiger partial charge in [-0.2, -0.15) is 0 Å². The van der Waals surface area contributed by atoms with Crippen molar-refractivity contribution < 1.29 is 9.59 Å². The highest BCUT2D eigenvalue weighted by Crippen LogP contribution is 2.41. The topological polar surface area (TPSA) is 69.6 Å². The molecule has 1 unspecified atom stereocenters. The fourth-order valence-corrected chi connectivity index (χ4v) is 4.04. The van der Waals surface area contributed by atoms with Crippen LogP contribution in [-0.4, -0.2) is 64.4 Å². The van der Waals surface area contributed by atoms with E-state index >= 15 is 0 Å². The van der Waals surface area contributed by atoms with Gasteiger partial charge in [0.25, 0.3) is 0 Å². The minimum Gasteiger partial charge on any atom is -0.325 e. The van der Waals surface area contributed by atoms with Gasteiger partial charge in [-0.25, -0.2) is 14.8 Å². The molecule has 3 saturated heterocycles. The minimum atomic E-state index is -0.109. The summed E-state index contributed by atoms with van der Waals surface area (Å²) in [6.07, 6.45) is 8.41. The number of hydrogen-bond acceptors (Lipinski definition) is 4. The van der Waals surface area contributed by atoms with Gasteiger partial charge in [0.05, 0.1) is 18.1 Å². The number of aromatic nitrogens is 2. The van der Waals surface area contributed by atoms with E-state index in [1.54, 1.807) is 17.3 Å². The number of carbonyl (C=O) groups is 2. The van der Waals surface area contributed by atoms with Gasteiger partial charge in [-0.1, -0.05) is 0 Å². The Morgan fingerprint density at radius 1 is 1.04 bits per heavy atom. The normalized spacial score (nSPS) is 27.5. The average Bonchev–Trinajstić information content (AvgIpc) is 3.29. The van der Waals surface area contributed by atoms with Gasteiger partial charge in [0.1, 0.15) is 6.33 Å². The first-order chi connectivity index (χ1) is 11.2. The van der Waals surface area contributed by atoms with Crippen molar-refractivity contribution in [3.63, 3.8) is 0 Å². The molecule has 0 aromatic carbocycles. The maximum Gasteiger partial charge on any atom is 0.320 e. The van der Waals surface area contributed by atoms with Crippen LogP contribution < -0.4 is 4.90 Å². The third-order valence-electron chi connectivity index (χ3n) is 5.26. The standard InChI is InChI=1S/C16H21N5O2/c22-14-7-16(11-21(14)13-8-17-12-18-9-13)3-6-20(10-16)15(23)19-4-1-2-5-19/h8-9,12H,1-7,10-11H2. The molecular weight excluding hydrogens is 294 g/mol. The summed E-state index contributed by atoms with van der Waals surface area (Å²) in [5.74, 6) is 0.107. The van der Waals surface area contributed by atoms with Crippen molar-refractivity contribution in [2.45, 2.75) is 25.7 Å². The summed E-state index contributed by atoms with van der Waals surface area (Å²) in [4.78, 5) is 38.6. The van der Waals surface area contributed by atoms with E-state index in [0.717, 1.165) is 44.6 Å². The van der Waals surface area contributed by atoms with Crippen molar-refractivity contribution in [3.05, 3.63) is 18.7 Å². The quantitative estimate of drug-likeness (QED) is 0.779. The number of likely N-dealkylation sites (tertiary alicyclic amines) is 2. The Labute approximate surface area is 135 Å². The smallest absolute Gasteiger partial charge is 0.320 e. The van der Waals surface area contributed by atoms with E-state index in [1.807, 2.05) is 9.80 Å². The molecule has 122 valence electrons. The largest absolute Gasteiger partial charge is 0.325 e. The zero-order chi connectivity index (χ0) is 15.9. The molecule has 3 fully saturated rings. The highest BCUT2D eigenvalue weighted by atomic mass is 16.2. The van der Waals surface area contributed by atoms with Crippen LogP contribution in [0.25, 0.3) is 0 Å². The molecule has 3 aliphatic heterocycles. The van der Waals surface area contributed by atoms with E-state index in [9.17, 15) is 9.59 Å². The molecule has 1 aromatic heterocycles. The Bertz CT molecular complexity index is 616.